The van der Waals surface area contributed by atoms with E-state index >= 15 is 0 Å². The zero-order valence-corrected chi connectivity index (χ0v) is 12.4. The van der Waals surface area contributed by atoms with E-state index in [1.807, 2.05) is 0 Å². The molecule has 1 rings (SSSR count). The number of nitrogens with one attached hydrogen (secondary N) is 1. The fraction of sp³-hybridized carbons (Fsp3) is 0.625. The minimum atomic E-state index is 0.534. The van der Waals surface area contributed by atoms with Gasteiger partial charge in [0.15, 0.2) is 0 Å². The summed E-state index contributed by atoms with van der Waals surface area (Å²) in [4.78, 5) is 0. The summed E-state index contributed by atoms with van der Waals surface area (Å²) in [5.74, 6) is 1.57. The first kappa shape index (κ1) is 15.0. The normalized spacial score (nSPS) is 12.8. The van der Waals surface area contributed by atoms with Crippen molar-refractivity contribution in [3.8, 4) is 5.75 Å². The lowest BCUT2D eigenvalue weighted by Crippen LogP contribution is -2.30. The lowest BCUT2D eigenvalue weighted by atomic mass is 9.96. The second-order valence-corrected chi connectivity index (χ2v) is 5.09. The molecule has 0 saturated heterocycles. The van der Waals surface area contributed by atoms with Gasteiger partial charge in [0.05, 0.1) is 7.11 Å². The fourth-order valence-electron chi connectivity index (χ4n) is 2.23. The first-order valence-electron chi connectivity index (χ1n) is 7.02. The average molecular weight is 249 g/mol. The summed E-state index contributed by atoms with van der Waals surface area (Å²) in [6.45, 7) is 9.86. The van der Waals surface area contributed by atoms with Crippen molar-refractivity contribution < 1.29 is 4.74 Å². The fourth-order valence-corrected chi connectivity index (χ4v) is 2.23. The lowest BCUT2D eigenvalue weighted by molar-refractivity contribution is 0.404. The summed E-state index contributed by atoms with van der Waals surface area (Å²) < 4.78 is 5.48. The van der Waals surface area contributed by atoms with E-state index in [4.69, 9.17) is 4.74 Å². The Balaban J connectivity index is 2.92. The van der Waals surface area contributed by atoms with Crippen LogP contribution in [-0.4, -0.2) is 19.7 Å². The third-order valence-corrected chi connectivity index (χ3v) is 3.42. The third-order valence-electron chi connectivity index (χ3n) is 3.42. The standard InChI is InChI=1S/C16H27NO/c1-6-15(17-7-2)11-14-10-13(12(3)4)8-9-16(14)18-5/h8-10,12,15,17H,6-7,11H2,1-5H3. The van der Waals surface area contributed by atoms with Crippen molar-refractivity contribution in [2.75, 3.05) is 13.7 Å². The summed E-state index contributed by atoms with van der Waals surface area (Å²) in [7, 11) is 1.75. The van der Waals surface area contributed by atoms with Crippen molar-refractivity contribution in [3.05, 3.63) is 29.3 Å². The van der Waals surface area contributed by atoms with Gasteiger partial charge in [0.2, 0.25) is 0 Å². The number of methoxy groups -OCH3 is 1. The van der Waals surface area contributed by atoms with Gasteiger partial charge in [0.25, 0.3) is 0 Å². The molecule has 18 heavy (non-hydrogen) atoms. The molecule has 0 bridgehead atoms. The van der Waals surface area contributed by atoms with E-state index in [0.29, 0.717) is 12.0 Å². The van der Waals surface area contributed by atoms with Crippen LogP contribution < -0.4 is 10.1 Å². The maximum Gasteiger partial charge on any atom is 0.122 e. The van der Waals surface area contributed by atoms with Gasteiger partial charge in [-0.2, -0.15) is 0 Å². The molecule has 1 aromatic carbocycles. The van der Waals surface area contributed by atoms with Crippen LogP contribution in [0.5, 0.6) is 5.75 Å². The van der Waals surface area contributed by atoms with E-state index in [1.54, 1.807) is 7.11 Å². The molecule has 1 atom stereocenters. The molecule has 0 radical (unpaired) electrons. The Hall–Kier alpha value is -1.02. The largest absolute Gasteiger partial charge is 0.496 e. The van der Waals surface area contributed by atoms with Crippen LogP contribution in [0.15, 0.2) is 18.2 Å². The van der Waals surface area contributed by atoms with Gasteiger partial charge in [0, 0.05) is 6.04 Å². The maximum atomic E-state index is 5.48. The van der Waals surface area contributed by atoms with E-state index in [0.717, 1.165) is 25.1 Å². The number of hydrogen-bond donors (Lipinski definition) is 1. The van der Waals surface area contributed by atoms with Crippen molar-refractivity contribution in [2.24, 2.45) is 0 Å². The van der Waals surface area contributed by atoms with Gasteiger partial charge in [-0.05, 0) is 42.5 Å². The predicted molar refractivity (Wildman–Crippen MR) is 78.5 cm³/mol. The Morgan fingerprint density at radius 1 is 1.22 bits per heavy atom. The SMILES string of the molecule is CCNC(CC)Cc1cc(C(C)C)ccc1OC. The van der Waals surface area contributed by atoms with Crippen LogP contribution in [0.1, 0.15) is 51.2 Å². The Bertz CT molecular complexity index is 360. The van der Waals surface area contributed by atoms with E-state index in [2.05, 4.69) is 51.2 Å². The van der Waals surface area contributed by atoms with Gasteiger partial charge in [-0.15, -0.1) is 0 Å². The van der Waals surface area contributed by atoms with Crippen LogP contribution >= 0.6 is 0 Å². The second kappa shape index (κ2) is 7.42. The third kappa shape index (κ3) is 4.02. The molecule has 0 amide bonds. The molecular formula is C16H27NO. The van der Waals surface area contributed by atoms with E-state index < -0.39 is 0 Å². The van der Waals surface area contributed by atoms with Crippen LogP contribution in [0.3, 0.4) is 0 Å². The van der Waals surface area contributed by atoms with E-state index in [9.17, 15) is 0 Å². The molecule has 2 heteroatoms. The highest BCUT2D eigenvalue weighted by Crippen LogP contribution is 2.25. The quantitative estimate of drug-likeness (QED) is 0.794. The topological polar surface area (TPSA) is 21.3 Å². The summed E-state index contributed by atoms with van der Waals surface area (Å²) in [6, 6.07) is 7.10. The molecule has 1 unspecified atom stereocenters. The number of ether oxygens (including phenoxy) is 1. The van der Waals surface area contributed by atoms with Gasteiger partial charge < -0.3 is 10.1 Å². The minimum Gasteiger partial charge on any atom is -0.496 e. The summed E-state index contributed by atoms with van der Waals surface area (Å²) in [6.07, 6.45) is 2.18. The molecule has 1 aromatic rings. The summed E-state index contributed by atoms with van der Waals surface area (Å²) in [5, 5.41) is 3.53. The molecule has 0 saturated carbocycles. The lowest BCUT2D eigenvalue weighted by Gasteiger charge is -2.19. The second-order valence-electron chi connectivity index (χ2n) is 5.09. The molecule has 0 aliphatic rings. The summed E-state index contributed by atoms with van der Waals surface area (Å²) >= 11 is 0. The molecule has 102 valence electrons. The first-order chi connectivity index (χ1) is 8.62. The number of hydrogen-bond acceptors (Lipinski definition) is 2. The van der Waals surface area contributed by atoms with E-state index in [1.165, 1.54) is 11.1 Å². The van der Waals surface area contributed by atoms with Gasteiger partial charge in [-0.1, -0.05) is 39.8 Å². The molecule has 0 heterocycles. The highest BCUT2D eigenvalue weighted by atomic mass is 16.5. The number of likely N-dealkylation sites (N-methyl/N-ethyl adjacent to an activating group) is 1. The first-order valence-corrected chi connectivity index (χ1v) is 7.02. The highest BCUT2D eigenvalue weighted by Gasteiger charge is 2.11. The monoisotopic (exact) mass is 249 g/mol. The van der Waals surface area contributed by atoms with Gasteiger partial charge in [0.1, 0.15) is 5.75 Å². The molecular weight excluding hydrogens is 222 g/mol. The Morgan fingerprint density at radius 2 is 1.94 bits per heavy atom. The minimum absolute atomic E-state index is 0.534. The molecule has 0 spiro atoms. The highest BCUT2D eigenvalue weighted by molar-refractivity contribution is 5.39. The Morgan fingerprint density at radius 3 is 2.44 bits per heavy atom. The van der Waals surface area contributed by atoms with Crippen LogP contribution in [0.4, 0.5) is 0 Å². The Labute approximate surface area is 112 Å². The maximum absolute atomic E-state index is 5.48. The zero-order valence-electron chi connectivity index (χ0n) is 12.4. The molecule has 1 N–H and O–H groups in total. The number of benzene rings is 1. The van der Waals surface area contributed by atoms with Crippen molar-refractivity contribution >= 4 is 0 Å². The Kier molecular flexibility index (Phi) is 6.20. The van der Waals surface area contributed by atoms with E-state index in [-0.39, 0.29) is 0 Å². The molecule has 2 nitrogen and oxygen atoms in total. The van der Waals surface area contributed by atoms with Crippen LogP contribution in [0, 0.1) is 0 Å². The number of rotatable bonds is 7. The average Bonchev–Trinajstić information content (AvgIpc) is 2.37. The van der Waals surface area contributed by atoms with Gasteiger partial charge >= 0.3 is 0 Å². The molecule has 0 aliphatic carbocycles. The molecule has 0 aliphatic heterocycles. The van der Waals surface area contributed by atoms with Crippen molar-refractivity contribution in [2.45, 2.75) is 52.5 Å². The smallest absolute Gasteiger partial charge is 0.122 e. The van der Waals surface area contributed by atoms with Crippen LogP contribution in [0.2, 0.25) is 0 Å². The van der Waals surface area contributed by atoms with Crippen LogP contribution in [0.25, 0.3) is 0 Å². The molecule has 0 aromatic heterocycles. The predicted octanol–water partition coefficient (Wildman–Crippen LogP) is 3.75. The van der Waals surface area contributed by atoms with Crippen molar-refractivity contribution in [1.82, 2.24) is 5.32 Å². The van der Waals surface area contributed by atoms with Gasteiger partial charge in [-0.25, -0.2) is 0 Å². The van der Waals surface area contributed by atoms with Crippen molar-refractivity contribution in [1.29, 1.82) is 0 Å². The van der Waals surface area contributed by atoms with Gasteiger partial charge in [-0.3, -0.25) is 0 Å². The zero-order chi connectivity index (χ0) is 13.5. The van der Waals surface area contributed by atoms with Crippen molar-refractivity contribution in [3.63, 3.8) is 0 Å². The van der Waals surface area contributed by atoms with Crippen LogP contribution in [-0.2, 0) is 6.42 Å². The molecule has 0 fully saturated rings. The summed E-state index contributed by atoms with van der Waals surface area (Å²) in [5.41, 5.74) is 2.70.